The van der Waals surface area contributed by atoms with Gasteiger partial charge in [-0.15, -0.1) is 11.3 Å². The van der Waals surface area contributed by atoms with Gasteiger partial charge in [0.05, 0.1) is 10.3 Å². The number of hydrogen-bond acceptors (Lipinski definition) is 5. The number of carboxylic acids is 1. The standard InChI is InChI=1S/C23H17ClN2O4S/c1-13-5-6-17(26-22(27)14-3-2-4-16(24)7-14)8-20(13)30-11-15-12-31-21-18(15)9-25-10-19(21)23(28)29/h2-10,12H,11H2,1H3,(H,26,27)(H,28,29). The minimum atomic E-state index is -1.01. The number of hydrogen-bond donors (Lipinski definition) is 2. The molecule has 0 bridgehead atoms. The molecule has 2 aromatic carbocycles. The molecule has 0 aliphatic carbocycles. The predicted octanol–water partition coefficient (Wildman–Crippen LogP) is 5.79. The number of carbonyl (C=O) groups is 2. The first-order valence-electron chi connectivity index (χ1n) is 9.30. The molecule has 0 aliphatic heterocycles. The number of rotatable bonds is 6. The zero-order chi connectivity index (χ0) is 22.0. The van der Waals surface area contributed by atoms with Crippen LogP contribution >= 0.6 is 22.9 Å². The van der Waals surface area contributed by atoms with Gasteiger partial charge in [-0.1, -0.05) is 23.7 Å². The molecule has 1 amide bonds. The van der Waals surface area contributed by atoms with E-state index in [1.165, 1.54) is 17.5 Å². The topological polar surface area (TPSA) is 88.5 Å². The van der Waals surface area contributed by atoms with Gasteiger partial charge in [0.2, 0.25) is 0 Å². The van der Waals surface area contributed by atoms with E-state index in [0.717, 1.165) is 16.5 Å². The predicted molar refractivity (Wildman–Crippen MR) is 121 cm³/mol. The summed E-state index contributed by atoms with van der Waals surface area (Å²) in [5.74, 6) is -0.662. The Balaban J connectivity index is 1.52. The first-order chi connectivity index (χ1) is 14.9. The number of aromatic carboxylic acids is 1. The van der Waals surface area contributed by atoms with Crippen LogP contribution in [0.4, 0.5) is 5.69 Å². The molecule has 2 aromatic heterocycles. The molecule has 4 aromatic rings. The van der Waals surface area contributed by atoms with Gasteiger partial charge in [-0.05, 0) is 42.1 Å². The monoisotopic (exact) mass is 452 g/mol. The number of nitrogens with one attached hydrogen (secondary N) is 1. The van der Waals surface area contributed by atoms with Gasteiger partial charge in [0.1, 0.15) is 12.4 Å². The molecule has 0 fully saturated rings. The third-order valence-corrected chi connectivity index (χ3v) is 6.02. The molecule has 0 saturated carbocycles. The van der Waals surface area contributed by atoms with E-state index in [9.17, 15) is 14.7 Å². The van der Waals surface area contributed by atoms with Crippen molar-refractivity contribution in [3.05, 3.63) is 87.5 Å². The van der Waals surface area contributed by atoms with E-state index in [4.69, 9.17) is 16.3 Å². The Morgan fingerprint density at radius 2 is 2.03 bits per heavy atom. The Kier molecular flexibility index (Phi) is 5.88. The summed E-state index contributed by atoms with van der Waals surface area (Å²) in [6.07, 6.45) is 2.99. The number of nitrogens with zero attached hydrogens (tertiary/aromatic N) is 1. The van der Waals surface area contributed by atoms with Crippen LogP contribution in [0.15, 0.2) is 60.2 Å². The fraction of sp³-hybridized carbons (Fsp3) is 0.0870. The lowest BCUT2D eigenvalue weighted by Gasteiger charge is -2.12. The van der Waals surface area contributed by atoms with Gasteiger partial charge < -0.3 is 15.2 Å². The van der Waals surface area contributed by atoms with Crippen molar-refractivity contribution in [2.75, 3.05) is 5.32 Å². The van der Waals surface area contributed by atoms with E-state index in [1.807, 2.05) is 18.4 Å². The van der Waals surface area contributed by atoms with Crippen molar-refractivity contribution >= 4 is 50.6 Å². The van der Waals surface area contributed by atoms with Crippen molar-refractivity contribution in [3.63, 3.8) is 0 Å². The number of pyridine rings is 1. The molecule has 2 heterocycles. The van der Waals surface area contributed by atoms with Crippen molar-refractivity contribution in [1.82, 2.24) is 4.98 Å². The molecule has 0 spiro atoms. The van der Waals surface area contributed by atoms with Crippen LogP contribution in [0.3, 0.4) is 0 Å². The Hall–Kier alpha value is -3.42. The Labute approximate surface area is 187 Å². The Morgan fingerprint density at radius 1 is 1.19 bits per heavy atom. The SMILES string of the molecule is Cc1ccc(NC(=O)c2cccc(Cl)c2)cc1OCc1csc2c(C(=O)O)cncc12. The molecule has 4 rings (SSSR count). The van der Waals surface area contributed by atoms with Crippen molar-refractivity contribution in [2.24, 2.45) is 0 Å². The number of carboxylic acid groups (broad SMARTS) is 1. The maximum absolute atomic E-state index is 12.5. The highest BCUT2D eigenvalue weighted by Gasteiger charge is 2.14. The highest BCUT2D eigenvalue weighted by Crippen LogP contribution is 2.30. The summed E-state index contributed by atoms with van der Waals surface area (Å²) in [7, 11) is 0. The lowest BCUT2D eigenvalue weighted by Crippen LogP contribution is -2.12. The molecule has 8 heteroatoms. The van der Waals surface area contributed by atoms with Gasteiger partial charge in [0.15, 0.2) is 0 Å². The summed E-state index contributed by atoms with van der Waals surface area (Å²) < 4.78 is 6.66. The normalized spacial score (nSPS) is 10.8. The number of thiophene rings is 1. The average molecular weight is 453 g/mol. The summed E-state index contributed by atoms with van der Waals surface area (Å²) in [4.78, 5) is 27.9. The van der Waals surface area contributed by atoms with E-state index in [-0.39, 0.29) is 18.1 Å². The molecule has 2 N–H and O–H groups in total. The third kappa shape index (κ3) is 4.52. The minimum Gasteiger partial charge on any atom is -0.489 e. The molecule has 156 valence electrons. The van der Waals surface area contributed by atoms with Crippen molar-refractivity contribution < 1.29 is 19.4 Å². The highest BCUT2D eigenvalue weighted by atomic mass is 35.5. The largest absolute Gasteiger partial charge is 0.489 e. The van der Waals surface area contributed by atoms with Crippen LogP contribution in [0.5, 0.6) is 5.75 Å². The fourth-order valence-corrected chi connectivity index (χ4v) is 4.31. The van der Waals surface area contributed by atoms with Crippen LogP contribution in [0.25, 0.3) is 10.1 Å². The number of benzene rings is 2. The average Bonchev–Trinajstić information content (AvgIpc) is 3.17. The highest BCUT2D eigenvalue weighted by molar-refractivity contribution is 7.17. The quantitative estimate of drug-likeness (QED) is 0.386. The first kappa shape index (κ1) is 20.8. The lowest BCUT2D eigenvalue weighted by molar-refractivity contribution is 0.0698. The molecular weight excluding hydrogens is 436 g/mol. The molecule has 31 heavy (non-hydrogen) atoms. The molecule has 0 radical (unpaired) electrons. The fourth-order valence-electron chi connectivity index (χ4n) is 3.08. The van der Waals surface area contributed by atoms with E-state index in [2.05, 4.69) is 10.3 Å². The lowest BCUT2D eigenvalue weighted by atomic mass is 10.1. The van der Waals surface area contributed by atoms with Crippen LogP contribution in [0.1, 0.15) is 31.8 Å². The van der Waals surface area contributed by atoms with Gasteiger partial charge in [-0.2, -0.15) is 0 Å². The summed E-state index contributed by atoms with van der Waals surface area (Å²) in [5, 5.41) is 15.3. The maximum Gasteiger partial charge on any atom is 0.338 e. The van der Waals surface area contributed by atoms with Crippen molar-refractivity contribution in [1.29, 1.82) is 0 Å². The van der Waals surface area contributed by atoms with Gasteiger partial charge >= 0.3 is 5.97 Å². The van der Waals surface area contributed by atoms with E-state index in [1.54, 1.807) is 42.6 Å². The van der Waals surface area contributed by atoms with E-state index in [0.29, 0.717) is 26.7 Å². The number of amides is 1. The zero-order valence-corrected chi connectivity index (χ0v) is 18.0. The van der Waals surface area contributed by atoms with Crippen LogP contribution in [-0.2, 0) is 6.61 Å². The number of ether oxygens (including phenoxy) is 1. The number of aryl methyl sites for hydroxylation is 1. The van der Waals surface area contributed by atoms with Gasteiger partial charge in [0, 0.05) is 45.7 Å². The number of fused-ring (bicyclic) bond motifs is 1. The molecule has 0 unspecified atom stereocenters. The molecule has 0 atom stereocenters. The molecular formula is C23H17ClN2O4S. The molecule has 0 aliphatic rings. The summed E-state index contributed by atoms with van der Waals surface area (Å²) in [5.41, 5.74) is 2.99. The van der Waals surface area contributed by atoms with Crippen LogP contribution in [0.2, 0.25) is 5.02 Å². The maximum atomic E-state index is 12.5. The van der Waals surface area contributed by atoms with Crippen LogP contribution < -0.4 is 10.1 Å². The minimum absolute atomic E-state index is 0.177. The first-order valence-corrected chi connectivity index (χ1v) is 10.6. The van der Waals surface area contributed by atoms with Crippen LogP contribution in [-0.4, -0.2) is 22.0 Å². The smallest absolute Gasteiger partial charge is 0.338 e. The molecule has 0 saturated heterocycles. The third-order valence-electron chi connectivity index (χ3n) is 4.71. The van der Waals surface area contributed by atoms with E-state index < -0.39 is 5.97 Å². The summed E-state index contributed by atoms with van der Waals surface area (Å²) >= 11 is 7.31. The second kappa shape index (κ2) is 8.75. The van der Waals surface area contributed by atoms with Crippen LogP contribution in [0, 0.1) is 6.92 Å². The number of halogens is 1. The summed E-state index contributed by atoms with van der Waals surface area (Å²) in [6, 6.07) is 12.1. The zero-order valence-electron chi connectivity index (χ0n) is 16.4. The Bertz CT molecular complexity index is 1300. The Morgan fingerprint density at radius 3 is 2.81 bits per heavy atom. The second-order valence-electron chi connectivity index (χ2n) is 6.86. The van der Waals surface area contributed by atoms with Gasteiger partial charge in [-0.25, -0.2) is 4.79 Å². The number of anilines is 1. The van der Waals surface area contributed by atoms with Gasteiger partial charge in [-0.3, -0.25) is 9.78 Å². The van der Waals surface area contributed by atoms with Crippen molar-refractivity contribution in [3.8, 4) is 5.75 Å². The molecule has 6 nitrogen and oxygen atoms in total. The van der Waals surface area contributed by atoms with Gasteiger partial charge in [0.25, 0.3) is 5.91 Å². The number of aromatic nitrogens is 1. The number of carbonyl (C=O) groups excluding carboxylic acids is 1. The van der Waals surface area contributed by atoms with E-state index >= 15 is 0 Å². The summed E-state index contributed by atoms with van der Waals surface area (Å²) in [6.45, 7) is 2.16. The van der Waals surface area contributed by atoms with Crippen molar-refractivity contribution in [2.45, 2.75) is 13.5 Å². The second-order valence-corrected chi connectivity index (χ2v) is 8.18.